The first-order valence-corrected chi connectivity index (χ1v) is 9.81. The number of alkyl halides is 3. The van der Waals surface area contributed by atoms with Crippen LogP contribution in [0.5, 0.6) is 0 Å². The van der Waals surface area contributed by atoms with E-state index >= 15 is 0 Å². The average Bonchev–Trinajstić information content (AvgIpc) is 2.74. The average molecular weight is 520 g/mol. The summed E-state index contributed by atoms with van der Waals surface area (Å²) in [6.45, 7) is 1.50. The van der Waals surface area contributed by atoms with Crippen molar-refractivity contribution in [1.29, 1.82) is 5.26 Å². The van der Waals surface area contributed by atoms with E-state index in [4.69, 9.17) is 5.73 Å². The Morgan fingerprint density at radius 3 is 2.42 bits per heavy atom. The molecule has 3 rings (SSSR count). The fourth-order valence-electron chi connectivity index (χ4n) is 2.83. The van der Waals surface area contributed by atoms with Gasteiger partial charge in [0.15, 0.2) is 5.82 Å². The van der Waals surface area contributed by atoms with Gasteiger partial charge in [0.25, 0.3) is 5.69 Å². The summed E-state index contributed by atoms with van der Waals surface area (Å²) in [4.78, 5) is 14.2. The molecule has 0 aliphatic rings. The van der Waals surface area contributed by atoms with Crippen LogP contribution in [0.3, 0.4) is 0 Å². The first-order chi connectivity index (χ1) is 15.5. The Hall–Kier alpha value is -4.05. The number of pyridine rings is 1. The molecule has 9 nitrogen and oxygen atoms in total. The van der Waals surface area contributed by atoms with Crippen molar-refractivity contribution < 1.29 is 18.1 Å². The monoisotopic (exact) mass is 519 g/mol. The van der Waals surface area contributed by atoms with Gasteiger partial charge in [-0.1, -0.05) is 18.2 Å². The van der Waals surface area contributed by atoms with Crippen LogP contribution in [-0.2, 0) is 6.18 Å². The maximum Gasteiger partial charge on any atom is 0.418 e. The highest BCUT2D eigenvalue weighted by molar-refractivity contribution is 9.10. The Morgan fingerprint density at radius 2 is 1.85 bits per heavy atom. The third kappa shape index (κ3) is 5.07. The van der Waals surface area contributed by atoms with E-state index in [9.17, 15) is 28.5 Å². The van der Waals surface area contributed by atoms with Crippen LogP contribution < -0.4 is 11.1 Å². The van der Waals surface area contributed by atoms with Crippen molar-refractivity contribution in [2.45, 2.75) is 13.1 Å². The van der Waals surface area contributed by atoms with Gasteiger partial charge in [-0.05, 0) is 35.0 Å². The van der Waals surface area contributed by atoms with Crippen molar-refractivity contribution in [2.24, 2.45) is 10.2 Å². The third-order valence-corrected chi connectivity index (χ3v) is 5.01. The number of nitrogens with zero attached hydrogens (tertiary/aromatic N) is 5. The molecule has 0 aliphatic carbocycles. The Labute approximate surface area is 193 Å². The van der Waals surface area contributed by atoms with Gasteiger partial charge in [0, 0.05) is 23.4 Å². The highest BCUT2D eigenvalue weighted by Crippen LogP contribution is 2.44. The number of hydrogen-bond acceptors (Lipinski definition) is 8. The van der Waals surface area contributed by atoms with E-state index in [1.54, 1.807) is 30.3 Å². The normalized spacial score (nSPS) is 11.4. The van der Waals surface area contributed by atoms with Crippen molar-refractivity contribution in [2.75, 3.05) is 11.1 Å². The molecule has 0 bridgehead atoms. The van der Waals surface area contributed by atoms with Gasteiger partial charge < -0.3 is 11.1 Å². The summed E-state index contributed by atoms with van der Waals surface area (Å²) in [7, 11) is 0. The van der Waals surface area contributed by atoms with E-state index < -0.39 is 28.0 Å². The Balaban J connectivity index is 2.19. The van der Waals surface area contributed by atoms with Crippen LogP contribution in [0.25, 0.3) is 0 Å². The molecule has 0 saturated heterocycles. The number of halogens is 4. The molecule has 168 valence electrons. The van der Waals surface area contributed by atoms with E-state index in [1.165, 1.54) is 6.92 Å². The number of para-hydroxylation sites is 1. The number of nitro benzene ring substituents is 1. The van der Waals surface area contributed by atoms with Gasteiger partial charge >= 0.3 is 6.18 Å². The van der Waals surface area contributed by atoms with Crippen molar-refractivity contribution in [3.8, 4) is 6.07 Å². The highest BCUT2D eigenvalue weighted by Gasteiger charge is 2.37. The van der Waals surface area contributed by atoms with Crippen molar-refractivity contribution >= 4 is 50.3 Å². The van der Waals surface area contributed by atoms with Crippen molar-refractivity contribution in [3.63, 3.8) is 0 Å². The zero-order chi connectivity index (χ0) is 24.3. The number of non-ortho nitro benzene ring substituents is 1. The van der Waals surface area contributed by atoms with Crippen LogP contribution in [0, 0.1) is 28.4 Å². The second-order valence-electron chi connectivity index (χ2n) is 6.58. The summed E-state index contributed by atoms with van der Waals surface area (Å²) in [5.74, 6) is -0.0366. The number of azo groups is 1. The molecule has 0 aliphatic heterocycles. The summed E-state index contributed by atoms with van der Waals surface area (Å²) < 4.78 is 40.5. The molecule has 13 heteroatoms. The molecule has 0 unspecified atom stereocenters. The number of benzene rings is 2. The highest BCUT2D eigenvalue weighted by atomic mass is 79.9. The molecule has 1 heterocycles. The van der Waals surface area contributed by atoms with Crippen molar-refractivity contribution in [1.82, 2.24) is 4.98 Å². The number of anilines is 3. The predicted molar refractivity (Wildman–Crippen MR) is 118 cm³/mol. The zero-order valence-corrected chi connectivity index (χ0v) is 18.3. The van der Waals surface area contributed by atoms with Crippen LogP contribution in [0.1, 0.15) is 16.7 Å². The van der Waals surface area contributed by atoms with Gasteiger partial charge in [0.05, 0.1) is 20.5 Å². The number of nitriles is 1. The fourth-order valence-corrected chi connectivity index (χ4v) is 3.36. The van der Waals surface area contributed by atoms with Gasteiger partial charge in [0.1, 0.15) is 23.3 Å². The molecular weight excluding hydrogens is 507 g/mol. The number of nitrogen functional groups attached to an aromatic ring is 1. The number of rotatable bonds is 5. The van der Waals surface area contributed by atoms with Crippen molar-refractivity contribution in [3.05, 3.63) is 73.7 Å². The minimum Gasteiger partial charge on any atom is -0.383 e. The minimum atomic E-state index is -4.94. The smallest absolute Gasteiger partial charge is 0.383 e. The van der Waals surface area contributed by atoms with Gasteiger partial charge in [0.2, 0.25) is 0 Å². The molecule has 33 heavy (non-hydrogen) atoms. The second kappa shape index (κ2) is 9.21. The van der Waals surface area contributed by atoms with Crippen LogP contribution >= 0.6 is 15.9 Å². The third-order valence-electron chi connectivity index (χ3n) is 4.41. The van der Waals surface area contributed by atoms with Gasteiger partial charge in [-0.15, -0.1) is 10.2 Å². The summed E-state index contributed by atoms with van der Waals surface area (Å²) >= 11 is 2.90. The number of nitrogens with one attached hydrogen (secondary N) is 1. The second-order valence-corrected chi connectivity index (χ2v) is 7.43. The summed E-state index contributed by atoms with van der Waals surface area (Å²) in [5.41, 5.74) is 3.83. The summed E-state index contributed by atoms with van der Waals surface area (Å²) in [6, 6.07) is 11.8. The van der Waals surface area contributed by atoms with Gasteiger partial charge in [-0.3, -0.25) is 10.1 Å². The van der Waals surface area contributed by atoms with E-state index in [0.717, 1.165) is 6.07 Å². The zero-order valence-electron chi connectivity index (χ0n) is 16.7. The Morgan fingerprint density at radius 1 is 1.21 bits per heavy atom. The van der Waals surface area contributed by atoms with Crippen LogP contribution in [0.4, 0.5) is 47.6 Å². The van der Waals surface area contributed by atoms with Crippen LogP contribution in [0.15, 0.2) is 57.2 Å². The summed E-state index contributed by atoms with van der Waals surface area (Å²) in [5, 5.41) is 31.0. The molecule has 0 radical (unpaired) electrons. The van der Waals surface area contributed by atoms with Gasteiger partial charge in [-0.25, -0.2) is 4.98 Å². The lowest BCUT2D eigenvalue weighted by Gasteiger charge is -2.13. The standard InChI is InChI=1S/C20H13BrF3N7O2/c1-10-13(9-25)18(26)28-19(27-11-5-3-2-4-6-11)16(10)29-30-17-14(20(22,23)24)7-12(31(32)33)8-15(17)21/h2-8H,1H3,(H3,26,27,28). The molecule has 0 fully saturated rings. The molecular formula is C20H13BrF3N7O2. The van der Waals surface area contributed by atoms with Crippen LogP contribution in [0.2, 0.25) is 0 Å². The Kier molecular flexibility index (Phi) is 6.59. The molecule has 0 amide bonds. The minimum absolute atomic E-state index is 0.0126. The largest absolute Gasteiger partial charge is 0.418 e. The lowest BCUT2D eigenvalue weighted by atomic mass is 10.1. The quantitative estimate of drug-likeness (QED) is 0.218. The lowest BCUT2D eigenvalue weighted by molar-refractivity contribution is -0.385. The lowest BCUT2D eigenvalue weighted by Crippen LogP contribution is -2.06. The van der Waals surface area contributed by atoms with Crippen LogP contribution in [-0.4, -0.2) is 9.91 Å². The molecule has 0 saturated carbocycles. The number of nitro groups is 1. The van der Waals surface area contributed by atoms with E-state index in [1.807, 2.05) is 6.07 Å². The number of hydrogen-bond donors (Lipinski definition) is 2. The Bertz CT molecular complexity index is 1310. The van der Waals surface area contributed by atoms with E-state index in [0.29, 0.717) is 11.8 Å². The maximum atomic E-state index is 13.6. The molecule has 2 aromatic carbocycles. The first kappa shape index (κ1) is 23.6. The van der Waals surface area contributed by atoms with E-state index in [-0.39, 0.29) is 32.9 Å². The molecule has 3 aromatic rings. The van der Waals surface area contributed by atoms with Gasteiger partial charge in [-0.2, -0.15) is 18.4 Å². The molecule has 0 atom stereocenters. The first-order valence-electron chi connectivity index (χ1n) is 9.02. The molecule has 1 aromatic heterocycles. The SMILES string of the molecule is Cc1c(C#N)c(N)nc(Nc2ccccc2)c1N=Nc1c(Br)cc([N+](=O)[O-])cc1C(F)(F)F. The van der Waals surface area contributed by atoms with E-state index in [2.05, 4.69) is 36.5 Å². The molecule has 0 spiro atoms. The predicted octanol–water partition coefficient (Wildman–Crippen LogP) is 6.69. The topological polar surface area (TPSA) is 143 Å². The number of aromatic nitrogens is 1. The molecule has 3 N–H and O–H groups in total. The summed E-state index contributed by atoms with van der Waals surface area (Å²) in [6.07, 6.45) is -4.94. The number of nitrogens with two attached hydrogens (primary N) is 1. The fraction of sp³-hybridized carbons (Fsp3) is 0.100. The maximum absolute atomic E-state index is 13.6.